The number of primary amides is 1. The van der Waals surface area contributed by atoms with Crippen molar-refractivity contribution in [1.29, 1.82) is 0 Å². The zero-order valence-electron chi connectivity index (χ0n) is 14.3. The lowest BCUT2D eigenvalue weighted by molar-refractivity contribution is -0.140. The normalized spacial score (nSPS) is 10.5. The largest absolute Gasteiger partial charge is 0.469 e. The predicted molar refractivity (Wildman–Crippen MR) is 98.7 cm³/mol. The Hall–Kier alpha value is -2.53. The summed E-state index contributed by atoms with van der Waals surface area (Å²) in [4.78, 5) is 23.8. The molecule has 0 radical (unpaired) electrons. The van der Waals surface area contributed by atoms with E-state index in [9.17, 15) is 9.59 Å². The van der Waals surface area contributed by atoms with Gasteiger partial charge in [-0.25, -0.2) is 0 Å². The third kappa shape index (κ3) is 3.77. The average Bonchev–Trinajstić information content (AvgIpc) is 2.85. The molecule has 0 aliphatic rings. The Morgan fingerprint density at radius 1 is 1.36 bits per heavy atom. The van der Waals surface area contributed by atoms with Crippen molar-refractivity contribution in [2.24, 2.45) is 5.73 Å². The van der Waals surface area contributed by atoms with Crippen LogP contribution in [-0.4, -0.2) is 23.6 Å². The summed E-state index contributed by atoms with van der Waals surface area (Å²) in [5.41, 5.74) is 8.98. The van der Waals surface area contributed by atoms with Crippen molar-refractivity contribution in [2.75, 3.05) is 7.11 Å². The molecule has 0 spiro atoms. The van der Waals surface area contributed by atoms with Crippen molar-refractivity contribution in [2.45, 2.75) is 26.3 Å². The smallest absolute Gasteiger partial charge is 0.305 e. The minimum absolute atomic E-state index is 0.187. The van der Waals surface area contributed by atoms with Crippen LogP contribution >= 0.6 is 11.6 Å². The number of carbonyl (C=O) groups is 2. The maximum absolute atomic E-state index is 12.1. The monoisotopic (exact) mass is 360 g/mol. The van der Waals surface area contributed by atoms with Crippen LogP contribution in [0.2, 0.25) is 5.02 Å². The predicted octanol–water partition coefficient (Wildman–Crippen LogP) is 3.51. The zero-order chi connectivity index (χ0) is 18.6. The summed E-state index contributed by atoms with van der Waals surface area (Å²) in [6, 6.07) is 7.25. The van der Waals surface area contributed by atoms with E-state index >= 15 is 0 Å². The Bertz CT molecular complexity index is 824. The fraction of sp³-hybridized carbons (Fsp3) is 0.263. The van der Waals surface area contributed by atoms with E-state index in [2.05, 4.69) is 6.58 Å². The fourth-order valence-corrected chi connectivity index (χ4v) is 3.24. The van der Waals surface area contributed by atoms with Gasteiger partial charge < -0.3 is 15.0 Å². The van der Waals surface area contributed by atoms with Crippen LogP contribution in [0.15, 0.2) is 36.9 Å². The van der Waals surface area contributed by atoms with Gasteiger partial charge in [-0.2, -0.15) is 0 Å². The van der Waals surface area contributed by atoms with Gasteiger partial charge >= 0.3 is 5.97 Å². The fourth-order valence-electron chi connectivity index (χ4n) is 3.01. The number of methoxy groups -OCH3 is 1. The standard InChI is InChI=1S/C19H21ClN2O3/c1-4-11-22-12(2)17(19(21)24)18(13-7-5-6-8-14(13)20)15(22)9-10-16(23)25-3/h4-8H,1,9-11H2,2-3H3,(H2,21,24). The number of carbonyl (C=O) groups excluding carboxylic acids is 2. The first-order valence-corrected chi connectivity index (χ1v) is 8.24. The number of halogens is 1. The van der Waals surface area contributed by atoms with Crippen molar-refractivity contribution in [3.63, 3.8) is 0 Å². The van der Waals surface area contributed by atoms with E-state index in [0.29, 0.717) is 34.7 Å². The number of ether oxygens (including phenoxy) is 1. The van der Waals surface area contributed by atoms with Crippen molar-refractivity contribution >= 4 is 23.5 Å². The molecular weight excluding hydrogens is 340 g/mol. The SMILES string of the molecule is C=CCn1c(C)c(C(N)=O)c(-c2ccccc2Cl)c1CCC(=O)OC. The van der Waals surface area contributed by atoms with Gasteiger partial charge in [-0.3, -0.25) is 9.59 Å². The number of allylic oxidation sites excluding steroid dienone is 1. The molecule has 25 heavy (non-hydrogen) atoms. The Balaban J connectivity index is 2.74. The second-order valence-electron chi connectivity index (χ2n) is 5.60. The van der Waals surface area contributed by atoms with Gasteiger partial charge in [0.25, 0.3) is 5.91 Å². The van der Waals surface area contributed by atoms with Crippen LogP contribution in [0, 0.1) is 6.92 Å². The van der Waals surface area contributed by atoms with Crippen LogP contribution in [0.4, 0.5) is 0 Å². The number of hydrogen-bond donors (Lipinski definition) is 1. The molecular formula is C19H21ClN2O3. The molecule has 2 N–H and O–H groups in total. The molecule has 6 heteroatoms. The molecule has 1 aromatic heterocycles. The molecule has 0 unspecified atom stereocenters. The number of benzene rings is 1. The van der Waals surface area contributed by atoms with Gasteiger partial charge in [0.05, 0.1) is 19.1 Å². The molecule has 0 saturated carbocycles. The second-order valence-corrected chi connectivity index (χ2v) is 6.01. The number of amides is 1. The van der Waals surface area contributed by atoms with Crippen molar-refractivity contribution in [3.8, 4) is 11.1 Å². The first-order chi connectivity index (χ1) is 11.9. The van der Waals surface area contributed by atoms with Crippen LogP contribution < -0.4 is 5.73 Å². The summed E-state index contributed by atoms with van der Waals surface area (Å²) < 4.78 is 6.68. The first-order valence-electron chi connectivity index (χ1n) is 7.86. The molecule has 0 saturated heterocycles. The van der Waals surface area contributed by atoms with Gasteiger partial charge in [-0.05, 0) is 19.4 Å². The van der Waals surface area contributed by atoms with Crippen molar-refractivity contribution < 1.29 is 14.3 Å². The summed E-state index contributed by atoms with van der Waals surface area (Å²) >= 11 is 6.36. The summed E-state index contributed by atoms with van der Waals surface area (Å²) in [5, 5.41) is 0.514. The molecule has 5 nitrogen and oxygen atoms in total. The average molecular weight is 361 g/mol. The van der Waals surface area contributed by atoms with Crippen LogP contribution in [0.3, 0.4) is 0 Å². The highest BCUT2D eigenvalue weighted by atomic mass is 35.5. The Kier molecular flexibility index (Phi) is 6.04. The van der Waals surface area contributed by atoms with Gasteiger partial charge in [-0.15, -0.1) is 6.58 Å². The van der Waals surface area contributed by atoms with E-state index in [1.54, 1.807) is 12.1 Å². The highest BCUT2D eigenvalue weighted by Crippen LogP contribution is 2.37. The van der Waals surface area contributed by atoms with Crippen molar-refractivity contribution in [3.05, 3.63) is 58.9 Å². The summed E-state index contributed by atoms with van der Waals surface area (Å²) in [5.74, 6) is -0.857. The second kappa shape index (κ2) is 8.03. The minimum Gasteiger partial charge on any atom is -0.469 e. The van der Waals surface area contributed by atoms with Crippen LogP contribution in [0.1, 0.15) is 28.2 Å². The van der Waals surface area contributed by atoms with Gasteiger partial charge in [0, 0.05) is 34.1 Å². The van der Waals surface area contributed by atoms with Crippen molar-refractivity contribution in [1.82, 2.24) is 4.57 Å². The number of hydrogen-bond acceptors (Lipinski definition) is 3. The highest BCUT2D eigenvalue weighted by Gasteiger charge is 2.25. The maximum Gasteiger partial charge on any atom is 0.305 e. The van der Waals surface area contributed by atoms with E-state index in [1.807, 2.05) is 29.7 Å². The quantitative estimate of drug-likeness (QED) is 0.606. The Morgan fingerprint density at radius 3 is 2.60 bits per heavy atom. The molecule has 0 fully saturated rings. The molecule has 0 atom stereocenters. The molecule has 1 heterocycles. The minimum atomic E-state index is -0.533. The number of rotatable bonds is 7. The van der Waals surface area contributed by atoms with E-state index in [4.69, 9.17) is 22.1 Å². The Labute approximate surface area is 152 Å². The number of aromatic nitrogens is 1. The lowest BCUT2D eigenvalue weighted by Crippen LogP contribution is -2.13. The third-order valence-corrected chi connectivity index (χ3v) is 4.46. The van der Waals surface area contributed by atoms with Gasteiger partial charge in [0.1, 0.15) is 0 Å². The molecule has 0 aliphatic carbocycles. The summed E-state index contributed by atoms with van der Waals surface area (Å²) in [6.07, 6.45) is 2.32. The Morgan fingerprint density at radius 2 is 2.04 bits per heavy atom. The van der Waals surface area contributed by atoms with Gasteiger partial charge in [0.2, 0.25) is 0 Å². The number of esters is 1. The molecule has 0 aliphatic heterocycles. The number of nitrogens with two attached hydrogens (primary N) is 1. The molecule has 2 rings (SSSR count). The van der Waals surface area contributed by atoms with E-state index < -0.39 is 5.91 Å². The lowest BCUT2D eigenvalue weighted by atomic mass is 9.98. The summed E-state index contributed by atoms with van der Waals surface area (Å²) in [7, 11) is 1.35. The lowest BCUT2D eigenvalue weighted by Gasteiger charge is -2.12. The first kappa shape index (κ1) is 18.8. The van der Waals surface area contributed by atoms with E-state index in [-0.39, 0.29) is 12.4 Å². The molecule has 132 valence electrons. The van der Waals surface area contributed by atoms with Gasteiger partial charge in [-0.1, -0.05) is 35.9 Å². The zero-order valence-corrected chi connectivity index (χ0v) is 15.1. The topological polar surface area (TPSA) is 74.3 Å². The molecule has 1 aromatic carbocycles. The highest BCUT2D eigenvalue weighted by molar-refractivity contribution is 6.33. The molecule has 1 amide bonds. The van der Waals surface area contributed by atoms with E-state index in [1.165, 1.54) is 7.11 Å². The third-order valence-electron chi connectivity index (χ3n) is 4.13. The summed E-state index contributed by atoms with van der Waals surface area (Å²) in [6.45, 7) is 6.09. The molecule has 0 bridgehead atoms. The molecule has 2 aromatic rings. The van der Waals surface area contributed by atoms with E-state index in [0.717, 1.165) is 11.4 Å². The van der Waals surface area contributed by atoms with Crippen LogP contribution in [0.25, 0.3) is 11.1 Å². The van der Waals surface area contributed by atoms with Crippen LogP contribution in [0.5, 0.6) is 0 Å². The van der Waals surface area contributed by atoms with Gasteiger partial charge in [0.15, 0.2) is 0 Å². The maximum atomic E-state index is 12.1. The van der Waals surface area contributed by atoms with Crippen LogP contribution in [-0.2, 0) is 22.5 Å². The number of nitrogens with zero attached hydrogens (tertiary/aromatic N) is 1.